The second-order valence-corrected chi connectivity index (χ2v) is 6.76. The zero-order valence-electron chi connectivity index (χ0n) is 15.3. The Labute approximate surface area is 162 Å². The van der Waals surface area contributed by atoms with Crippen LogP contribution in [0.2, 0.25) is 0 Å². The zero-order valence-corrected chi connectivity index (χ0v) is 15.3. The Balaban J connectivity index is 1.73. The highest BCUT2D eigenvalue weighted by molar-refractivity contribution is 6.03. The monoisotopic (exact) mass is 383 g/mol. The summed E-state index contributed by atoms with van der Waals surface area (Å²) in [6.07, 6.45) is 5.57. The van der Waals surface area contributed by atoms with Gasteiger partial charge in [-0.25, -0.2) is 9.59 Å². The second kappa shape index (κ2) is 9.12. The lowest BCUT2D eigenvalue weighted by atomic mass is 9.90. The first-order chi connectivity index (χ1) is 13.6. The molecule has 0 atom stereocenters. The van der Waals surface area contributed by atoms with Crippen LogP contribution in [-0.2, 0) is 4.74 Å². The van der Waals surface area contributed by atoms with Crippen molar-refractivity contribution in [2.45, 2.75) is 32.1 Å². The van der Waals surface area contributed by atoms with Crippen molar-refractivity contribution in [2.24, 2.45) is 5.92 Å². The third-order valence-corrected chi connectivity index (χ3v) is 4.81. The average molecular weight is 383 g/mol. The molecule has 146 valence electrons. The van der Waals surface area contributed by atoms with Crippen LogP contribution in [-0.4, -0.2) is 23.5 Å². The minimum Gasteiger partial charge on any atom is -0.462 e. The summed E-state index contributed by atoms with van der Waals surface area (Å²) in [5.41, 5.74) is -0.232. The molecular weight excluding hydrogens is 362 g/mol. The molecule has 0 aromatic heterocycles. The van der Waals surface area contributed by atoms with Gasteiger partial charge < -0.3 is 9.47 Å². The Morgan fingerprint density at radius 3 is 2.21 bits per heavy atom. The molecule has 0 saturated heterocycles. The number of esters is 2. The topological polar surface area (TPSA) is 95.7 Å². The Morgan fingerprint density at radius 2 is 1.54 bits per heavy atom. The molecule has 0 spiro atoms. The van der Waals surface area contributed by atoms with Crippen LogP contribution in [0.5, 0.6) is 5.75 Å². The van der Waals surface area contributed by atoms with E-state index in [1.807, 2.05) is 0 Å². The highest BCUT2D eigenvalue weighted by Gasteiger charge is 2.24. The number of rotatable bonds is 6. The van der Waals surface area contributed by atoms with Crippen molar-refractivity contribution < 1.29 is 24.0 Å². The lowest BCUT2D eigenvalue weighted by Crippen LogP contribution is -2.20. The normalized spacial score (nSPS) is 14.3. The van der Waals surface area contributed by atoms with E-state index < -0.39 is 16.9 Å². The van der Waals surface area contributed by atoms with Gasteiger partial charge in [-0.3, -0.25) is 10.1 Å². The van der Waals surface area contributed by atoms with Crippen LogP contribution in [0.1, 0.15) is 52.8 Å². The third-order valence-electron chi connectivity index (χ3n) is 4.81. The molecule has 0 amide bonds. The number of nitro benzene ring substituents is 1. The van der Waals surface area contributed by atoms with Crippen LogP contribution in [0, 0.1) is 16.0 Å². The van der Waals surface area contributed by atoms with Gasteiger partial charge in [0.2, 0.25) is 5.75 Å². The van der Waals surface area contributed by atoms with Crippen LogP contribution in [0.25, 0.3) is 0 Å². The van der Waals surface area contributed by atoms with Gasteiger partial charge in [0.25, 0.3) is 0 Å². The number of nitro groups is 1. The van der Waals surface area contributed by atoms with Crippen LogP contribution in [0.4, 0.5) is 5.69 Å². The van der Waals surface area contributed by atoms with Crippen molar-refractivity contribution in [2.75, 3.05) is 6.61 Å². The van der Waals surface area contributed by atoms with Crippen LogP contribution < -0.4 is 4.74 Å². The summed E-state index contributed by atoms with van der Waals surface area (Å²) in [4.78, 5) is 35.5. The molecule has 1 fully saturated rings. The molecule has 0 aliphatic heterocycles. The molecular formula is C21H21NO6. The summed E-state index contributed by atoms with van der Waals surface area (Å²) in [6, 6.07) is 11.7. The van der Waals surface area contributed by atoms with E-state index in [1.54, 1.807) is 12.1 Å². The van der Waals surface area contributed by atoms with E-state index in [2.05, 4.69) is 0 Å². The Bertz CT molecular complexity index is 873. The van der Waals surface area contributed by atoms with E-state index in [0.717, 1.165) is 25.7 Å². The van der Waals surface area contributed by atoms with Gasteiger partial charge in [-0.05, 0) is 37.0 Å². The molecule has 2 aromatic carbocycles. The number of benzene rings is 2. The highest BCUT2D eigenvalue weighted by Crippen LogP contribution is 2.27. The molecule has 7 heteroatoms. The van der Waals surface area contributed by atoms with E-state index >= 15 is 0 Å². The molecule has 0 bridgehead atoms. The number of nitrogens with zero attached hydrogens (tertiary/aromatic N) is 1. The second-order valence-electron chi connectivity index (χ2n) is 6.76. The van der Waals surface area contributed by atoms with E-state index in [0.29, 0.717) is 12.5 Å². The predicted molar refractivity (Wildman–Crippen MR) is 101 cm³/mol. The fourth-order valence-electron chi connectivity index (χ4n) is 3.31. The van der Waals surface area contributed by atoms with Crippen molar-refractivity contribution in [3.63, 3.8) is 0 Å². The minimum absolute atomic E-state index is 0.00861. The smallest absolute Gasteiger partial charge is 0.344 e. The van der Waals surface area contributed by atoms with Crippen molar-refractivity contribution in [3.8, 4) is 5.75 Å². The Hall–Kier alpha value is -3.22. The van der Waals surface area contributed by atoms with Crippen molar-refractivity contribution in [3.05, 3.63) is 69.8 Å². The van der Waals surface area contributed by atoms with E-state index in [-0.39, 0.29) is 22.6 Å². The van der Waals surface area contributed by atoms with Gasteiger partial charge in [-0.2, -0.15) is 0 Å². The first-order valence-electron chi connectivity index (χ1n) is 9.28. The predicted octanol–water partition coefficient (Wildman–Crippen LogP) is 4.55. The molecule has 0 N–H and O–H groups in total. The maximum Gasteiger partial charge on any atom is 0.344 e. The fourth-order valence-corrected chi connectivity index (χ4v) is 3.31. The number of carbonyl (C=O) groups is 2. The van der Waals surface area contributed by atoms with Gasteiger partial charge in [0.1, 0.15) is 0 Å². The SMILES string of the molecule is O=C(OCC1CCCCC1)c1ccccc1C(=O)Oc1ccccc1[N+](=O)[O-]. The first-order valence-corrected chi connectivity index (χ1v) is 9.28. The van der Waals surface area contributed by atoms with Crippen molar-refractivity contribution in [1.82, 2.24) is 0 Å². The number of hydrogen-bond donors (Lipinski definition) is 0. The molecule has 3 rings (SSSR count). The van der Waals surface area contributed by atoms with Crippen LogP contribution >= 0.6 is 0 Å². The third kappa shape index (κ3) is 4.73. The van der Waals surface area contributed by atoms with Crippen LogP contribution in [0.3, 0.4) is 0 Å². The summed E-state index contributed by atoms with van der Waals surface area (Å²) < 4.78 is 10.6. The molecule has 2 aromatic rings. The van der Waals surface area contributed by atoms with Gasteiger partial charge in [-0.1, -0.05) is 43.5 Å². The lowest BCUT2D eigenvalue weighted by Gasteiger charge is -2.21. The maximum atomic E-state index is 12.6. The fraction of sp³-hybridized carbons (Fsp3) is 0.333. The average Bonchev–Trinajstić information content (AvgIpc) is 2.73. The summed E-state index contributed by atoms with van der Waals surface area (Å²) in [5.74, 6) is -1.27. The Kier molecular flexibility index (Phi) is 6.37. The largest absolute Gasteiger partial charge is 0.462 e. The van der Waals surface area contributed by atoms with Gasteiger partial charge >= 0.3 is 17.6 Å². The van der Waals surface area contributed by atoms with Gasteiger partial charge in [0.15, 0.2) is 0 Å². The number of carbonyl (C=O) groups excluding carboxylic acids is 2. The quantitative estimate of drug-likeness (QED) is 0.314. The van der Waals surface area contributed by atoms with E-state index in [1.165, 1.54) is 42.8 Å². The molecule has 0 radical (unpaired) electrons. The molecule has 1 aliphatic rings. The van der Waals surface area contributed by atoms with E-state index in [9.17, 15) is 19.7 Å². The van der Waals surface area contributed by atoms with Gasteiger partial charge in [0, 0.05) is 6.07 Å². The number of para-hydroxylation sites is 2. The minimum atomic E-state index is -0.848. The molecule has 28 heavy (non-hydrogen) atoms. The van der Waals surface area contributed by atoms with Crippen molar-refractivity contribution in [1.29, 1.82) is 0 Å². The standard InChI is InChI=1S/C21H21NO6/c23-20(27-14-15-8-2-1-3-9-15)16-10-4-5-11-17(16)21(24)28-19-13-7-6-12-18(19)22(25)26/h4-7,10-13,15H,1-3,8-9,14H2. The van der Waals surface area contributed by atoms with Crippen molar-refractivity contribution >= 4 is 17.6 Å². The molecule has 0 unspecified atom stereocenters. The number of hydrogen-bond acceptors (Lipinski definition) is 6. The van der Waals surface area contributed by atoms with Gasteiger partial charge in [0.05, 0.1) is 22.7 Å². The summed E-state index contributed by atoms with van der Waals surface area (Å²) in [6.45, 7) is 0.326. The first kappa shape index (κ1) is 19.5. The van der Waals surface area contributed by atoms with Gasteiger partial charge in [-0.15, -0.1) is 0 Å². The summed E-state index contributed by atoms with van der Waals surface area (Å²) >= 11 is 0. The number of ether oxygens (including phenoxy) is 2. The lowest BCUT2D eigenvalue weighted by molar-refractivity contribution is -0.385. The summed E-state index contributed by atoms with van der Waals surface area (Å²) in [5, 5.41) is 11.1. The highest BCUT2D eigenvalue weighted by atomic mass is 16.6. The Morgan fingerprint density at radius 1 is 0.929 bits per heavy atom. The maximum absolute atomic E-state index is 12.6. The molecule has 1 aliphatic carbocycles. The molecule has 0 heterocycles. The van der Waals surface area contributed by atoms with Crippen LogP contribution in [0.15, 0.2) is 48.5 Å². The molecule has 7 nitrogen and oxygen atoms in total. The van der Waals surface area contributed by atoms with E-state index in [4.69, 9.17) is 9.47 Å². The molecule has 1 saturated carbocycles. The summed E-state index contributed by atoms with van der Waals surface area (Å²) in [7, 11) is 0. The zero-order chi connectivity index (χ0) is 19.9.